The van der Waals surface area contributed by atoms with E-state index in [1.54, 1.807) is 31.2 Å². The average molecular weight is 271 g/mol. The number of carbonyl (C=O) groups is 2. The average Bonchev–Trinajstić information content (AvgIpc) is 2.48. The van der Waals surface area contributed by atoms with Gasteiger partial charge in [0.2, 0.25) is 5.91 Å². The van der Waals surface area contributed by atoms with Crippen molar-refractivity contribution in [1.29, 1.82) is 0 Å². The molecule has 0 aliphatic rings. The number of ether oxygens (including phenoxy) is 1. The summed E-state index contributed by atoms with van der Waals surface area (Å²) < 4.78 is 4.87. The van der Waals surface area contributed by atoms with Crippen LogP contribution in [0.2, 0.25) is 0 Å². The van der Waals surface area contributed by atoms with Crippen LogP contribution in [-0.4, -0.2) is 28.5 Å². The SMILES string of the molecule is CCOC(=O)c1ccc(-c2ccc(C(N)=O)cn2)nc1. The molecule has 0 spiro atoms. The van der Waals surface area contributed by atoms with Gasteiger partial charge in [-0.1, -0.05) is 0 Å². The van der Waals surface area contributed by atoms with Gasteiger partial charge < -0.3 is 10.5 Å². The largest absolute Gasteiger partial charge is 0.462 e. The van der Waals surface area contributed by atoms with E-state index in [0.29, 0.717) is 29.1 Å². The lowest BCUT2D eigenvalue weighted by molar-refractivity contribution is 0.0525. The van der Waals surface area contributed by atoms with Crippen LogP contribution in [0.1, 0.15) is 27.6 Å². The lowest BCUT2D eigenvalue weighted by atomic mass is 10.2. The van der Waals surface area contributed by atoms with E-state index in [1.807, 2.05) is 0 Å². The monoisotopic (exact) mass is 271 g/mol. The number of hydrogen-bond donors (Lipinski definition) is 1. The third-order valence-electron chi connectivity index (χ3n) is 2.59. The fraction of sp³-hybridized carbons (Fsp3) is 0.143. The van der Waals surface area contributed by atoms with Gasteiger partial charge in [-0.2, -0.15) is 0 Å². The molecule has 0 aromatic carbocycles. The fourth-order valence-corrected chi connectivity index (χ4v) is 1.57. The molecule has 0 saturated carbocycles. The molecule has 102 valence electrons. The van der Waals surface area contributed by atoms with Crippen LogP contribution in [0.15, 0.2) is 36.7 Å². The van der Waals surface area contributed by atoms with Gasteiger partial charge in [-0.15, -0.1) is 0 Å². The number of primary amides is 1. The Morgan fingerprint density at radius 3 is 2.00 bits per heavy atom. The molecule has 0 fully saturated rings. The van der Waals surface area contributed by atoms with E-state index in [9.17, 15) is 9.59 Å². The summed E-state index contributed by atoms with van der Waals surface area (Å²) in [5.74, 6) is -0.946. The van der Waals surface area contributed by atoms with Crippen molar-refractivity contribution in [2.45, 2.75) is 6.92 Å². The predicted molar refractivity (Wildman–Crippen MR) is 71.9 cm³/mol. The highest BCUT2D eigenvalue weighted by Crippen LogP contribution is 2.15. The summed E-state index contributed by atoms with van der Waals surface area (Å²) in [5, 5.41) is 0. The number of rotatable bonds is 4. The highest BCUT2D eigenvalue weighted by Gasteiger charge is 2.08. The summed E-state index contributed by atoms with van der Waals surface area (Å²) in [6, 6.07) is 6.50. The highest BCUT2D eigenvalue weighted by molar-refractivity contribution is 5.92. The van der Waals surface area contributed by atoms with Crippen LogP contribution in [0, 0.1) is 0 Å². The zero-order valence-electron chi connectivity index (χ0n) is 10.9. The first-order valence-corrected chi connectivity index (χ1v) is 6.01. The van der Waals surface area contributed by atoms with Gasteiger partial charge in [0.1, 0.15) is 0 Å². The van der Waals surface area contributed by atoms with Crippen LogP contribution < -0.4 is 5.73 Å². The first kappa shape index (κ1) is 13.7. The second-order valence-corrected chi connectivity index (χ2v) is 3.95. The summed E-state index contributed by atoms with van der Waals surface area (Å²) in [5.41, 5.74) is 7.03. The zero-order valence-corrected chi connectivity index (χ0v) is 10.9. The number of aromatic nitrogens is 2. The van der Waals surface area contributed by atoms with E-state index in [-0.39, 0.29) is 0 Å². The first-order chi connectivity index (χ1) is 9.61. The molecule has 2 heterocycles. The molecule has 0 aliphatic carbocycles. The van der Waals surface area contributed by atoms with Crippen LogP contribution in [0.5, 0.6) is 0 Å². The van der Waals surface area contributed by atoms with Gasteiger partial charge in [-0.3, -0.25) is 14.8 Å². The number of amides is 1. The molecule has 2 aromatic rings. The summed E-state index contributed by atoms with van der Waals surface area (Å²) in [6.07, 6.45) is 2.82. The Morgan fingerprint density at radius 1 is 1.05 bits per heavy atom. The maximum absolute atomic E-state index is 11.5. The minimum atomic E-state index is -0.533. The van der Waals surface area contributed by atoms with Crippen molar-refractivity contribution in [1.82, 2.24) is 9.97 Å². The van der Waals surface area contributed by atoms with Crippen LogP contribution in [0.25, 0.3) is 11.4 Å². The molecule has 0 bridgehead atoms. The number of nitrogens with two attached hydrogens (primary N) is 1. The number of nitrogens with zero attached hydrogens (tertiary/aromatic N) is 2. The molecule has 0 atom stereocenters. The van der Waals surface area contributed by atoms with Crippen molar-refractivity contribution in [2.24, 2.45) is 5.73 Å². The molecule has 0 saturated heterocycles. The number of carbonyl (C=O) groups excluding carboxylic acids is 2. The van der Waals surface area contributed by atoms with Gasteiger partial charge in [0.15, 0.2) is 0 Å². The Morgan fingerprint density at radius 2 is 1.60 bits per heavy atom. The second kappa shape index (κ2) is 5.92. The van der Waals surface area contributed by atoms with Crippen molar-refractivity contribution < 1.29 is 14.3 Å². The maximum atomic E-state index is 11.5. The Labute approximate surface area is 115 Å². The van der Waals surface area contributed by atoms with Gasteiger partial charge in [0.05, 0.1) is 29.1 Å². The van der Waals surface area contributed by atoms with Gasteiger partial charge in [-0.25, -0.2) is 4.79 Å². The van der Waals surface area contributed by atoms with E-state index in [0.717, 1.165) is 0 Å². The molecular formula is C14H13N3O3. The summed E-state index contributed by atoms with van der Waals surface area (Å²) in [7, 11) is 0. The molecule has 20 heavy (non-hydrogen) atoms. The highest BCUT2D eigenvalue weighted by atomic mass is 16.5. The molecule has 0 aliphatic heterocycles. The molecule has 2 aromatic heterocycles. The molecular weight excluding hydrogens is 258 g/mol. The molecule has 0 unspecified atom stereocenters. The second-order valence-electron chi connectivity index (χ2n) is 3.95. The molecule has 2 N–H and O–H groups in total. The van der Waals surface area contributed by atoms with Crippen molar-refractivity contribution in [3.8, 4) is 11.4 Å². The number of pyridine rings is 2. The normalized spacial score (nSPS) is 10.1. The number of esters is 1. The third kappa shape index (κ3) is 2.97. The Hall–Kier alpha value is -2.76. The van der Waals surface area contributed by atoms with Crippen molar-refractivity contribution in [2.75, 3.05) is 6.61 Å². The topological polar surface area (TPSA) is 95.2 Å². The fourth-order valence-electron chi connectivity index (χ4n) is 1.57. The standard InChI is InChI=1S/C14H13N3O3/c1-2-20-14(19)10-4-6-12(17-8-10)11-5-3-9(7-16-11)13(15)18/h3-8H,2H2,1H3,(H2,15,18). The third-order valence-corrected chi connectivity index (χ3v) is 2.59. The van der Waals surface area contributed by atoms with Gasteiger partial charge >= 0.3 is 5.97 Å². The van der Waals surface area contributed by atoms with Crippen LogP contribution in [0.4, 0.5) is 0 Å². The van der Waals surface area contributed by atoms with Gasteiger partial charge in [-0.05, 0) is 31.2 Å². The maximum Gasteiger partial charge on any atom is 0.339 e. The molecule has 2 rings (SSSR count). The predicted octanol–water partition coefficient (Wildman–Crippen LogP) is 1.42. The Balaban J connectivity index is 2.21. The zero-order chi connectivity index (χ0) is 14.5. The number of hydrogen-bond acceptors (Lipinski definition) is 5. The molecule has 6 nitrogen and oxygen atoms in total. The van der Waals surface area contributed by atoms with E-state index in [2.05, 4.69) is 9.97 Å². The van der Waals surface area contributed by atoms with E-state index >= 15 is 0 Å². The van der Waals surface area contributed by atoms with E-state index < -0.39 is 11.9 Å². The molecule has 1 amide bonds. The minimum Gasteiger partial charge on any atom is -0.462 e. The van der Waals surface area contributed by atoms with E-state index in [4.69, 9.17) is 10.5 Å². The summed E-state index contributed by atoms with van der Waals surface area (Å²) in [6.45, 7) is 2.06. The lowest BCUT2D eigenvalue weighted by Crippen LogP contribution is -2.11. The van der Waals surface area contributed by atoms with E-state index in [1.165, 1.54) is 12.4 Å². The lowest BCUT2D eigenvalue weighted by Gasteiger charge is -2.03. The minimum absolute atomic E-state index is 0.316. The van der Waals surface area contributed by atoms with Crippen molar-refractivity contribution in [3.63, 3.8) is 0 Å². The smallest absolute Gasteiger partial charge is 0.339 e. The van der Waals surface area contributed by atoms with Crippen LogP contribution >= 0.6 is 0 Å². The quantitative estimate of drug-likeness (QED) is 0.848. The molecule has 0 radical (unpaired) electrons. The Bertz CT molecular complexity index is 621. The Kier molecular flexibility index (Phi) is 4.05. The summed E-state index contributed by atoms with van der Waals surface area (Å²) in [4.78, 5) is 30.7. The summed E-state index contributed by atoms with van der Waals surface area (Å²) >= 11 is 0. The molecule has 6 heteroatoms. The van der Waals surface area contributed by atoms with Crippen LogP contribution in [-0.2, 0) is 4.74 Å². The van der Waals surface area contributed by atoms with Gasteiger partial charge in [0, 0.05) is 12.4 Å². The van der Waals surface area contributed by atoms with Gasteiger partial charge in [0.25, 0.3) is 0 Å². The van der Waals surface area contributed by atoms with Crippen LogP contribution in [0.3, 0.4) is 0 Å². The van der Waals surface area contributed by atoms with Crippen molar-refractivity contribution in [3.05, 3.63) is 47.8 Å². The first-order valence-electron chi connectivity index (χ1n) is 6.01. The van der Waals surface area contributed by atoms with Crippen molar-refractivity contribution >= 4 is 11.9 Å².